The molecule has 0 N–H and O–H groups in total. The Morgan fingerprint density at radius 2 is 2.25 bits per heavy atom. The lowest BCUT2D eigenvalue weighted by molar-refractivity contribution is -0.0721. The number of furan rings is 1. The molecule has 1 atom stereocenters. The van der Waals surface area contributed by atoms with Crippen molar-refractivity contribution in [2.24, 2.45) is 5.92 Å². The van der Waals surface area contributed by atoms with Crippen molar-refractivity contribution in [1.82, 2.24) is 4.90 Å². The van der Waals surface area contributed by atoms with Crippen LogP contribution < -0.4 is 0 Å². The molecular weight excluding hydrogens is 254 g/mol. The molecule has 2 fully saturated rings. The SMILES string of the molecule is COCC[C@@H]1CCOC12CCN(Cc1ccoc1)CC2. The molecule has 0 unspecified atom stereocenters. The zero-order valence-corrected chi connectivity index (χ0v) is 12.3. The molecule has 0 amide bonds. The molecule has 0 saturated carbocycles. The normalized spacial score (nSPS) is 26.4. The summed E-state index contributed by atoms with van der Waals surface area (Å²) in [6.07, 6.45) is 8.24. The quantitative estimate of drug-likeness (QED) is 0.830. The van der Waals surface area contributed by atoms with E-state index in [0.29, 0.717) is 5.92 Å². The van der Waals surface area contributed by atoms with Crippen molar-refractivity contribution in [3.63, 3.8) is 0 Å². The Labute approximate surface area is 121 Å². The molecule has 0 radical (unpaired) electrons. The Morgan fingerprint density at radius 1 is 1.40 bits per heavy atom. The van der Waals surface area contributed by atoms with Gasteiger partial charge in [0.2, 0.25) is 0 Å². The second-order valence-corrected chi connectivity index (χ2v) is 6.09. The number of piperidine rings is 1. The van der Waals surface area contributed by atoms with Crippen LogP contribution in [0.4, 0.5) is 0 Å². The fourth-order valence-corrected chi connectivity index (χ4v) is 3.74. The van der Waals surface area contributed by atoms with Gasteiger partial charge in [0, 0.05) is 45.5 Å². The maximum absolute atomic E-state index is 6.17. The number of rotatable bonds is 5. The van der Waals surface area contributed by atoms with E-state index in [1.165, 1.54) is 12.0 Å². The van der Waals surface area contributed by atoms with Crippen molar-refractivity contribution in [2.75, 3.05) is 33.4 Å². The Bertz CT molecular complexity index is 396. The lowest BCUT2D eigenvalue weighted by Gasteiger charge is -2.42. The van der Waals surface area contributed by atoms with E-state index in [0.717, 1.165) is 52.1 Å². The van der Waals surface area contributed by atoms with Gasteiger partial charge in [-0.05, 0) is 37.7 Å². The Morgan fingerprint density at radius 3 is 2.95 bits per heavy atom. The third-order valence-corrected chi connectivity index (χ3v) is 4.96. The lowest BCUT2D eigenvalue weighted by atomic mass is 9.78. The van der Waals surface area contributed by atoms with E-state index in [1.54, 1.807) is 13.4 Å². The number of likely N-dealkylation sites (tertiary alicyclic amines) is 1. The van der Waals surface area contributed by atoms with Crippen molar-refractivity contribution >= 4 is 0 Å². The Balaban J connectivity index is 1.54. The summed E-state index contributed by atoms with van der Waals surface area (Å²) in [5.74, 6) is 0.679. The molecule has 2 saturated heterocycles. The number of methoxy groups -OCH3 is 1. The molecule has 2 aliphatic heterocycles. The van der Waals surface area contributed by atoms with Gasteiger partial charge < -0.3 is 13.9 Å². The molecule has 0 bridgehead atoms. The molecule has 3 heterocycles. The molecule has 3 rings (SSSR count). The summed E-state index contributed by atoms with van der Waals surface area (Å²) in [5.41, 5.74) is 1.40. The van der Waals surface area contributed by atoms with E-state index < -0.39 is 0 Å². The molecule has 2 aliphatic rings. The number of hydrogen-bond donors (Lipinski definition) is 0. The van der Waals surface area contributed by atoms with Crippen molar-refractivity contribution in [3.05, 3.63) is 24.2 Å². The van der Waals surface area contributed by atoms with Crippen LogP contribution in [0.2, 0.25) is 0 Å². The van der Waals surface area contributed by atoms with E-state index in [9.17, 15) is 0 Å². The van der Waals surface area contributed by atoms with Crippen LogP contribution in [0.5, 0.6) is 0 Å². The fourth-order valence-electron chi connectivity index (χ4n) is 3.74. The van der Waals surface area contributed by atoms with Crippen LogP contribution in [0, 0.1) is 5.92 Å². The van der Waals surface area contributed by atoms with Crippen molar-refractivity contribution in [3.8, 4) is 0 Å². The van der Waals surface area contributed by atoms with Gasteiger partial charge in [0.25, 0.3) is 0 Å². The van der Waals surface area contributed by atoms with E-state index in [4.69, 9.17) is 13.9 Å². The Hall–Kier alpha value is -0.840. The molecule has 112 valence electrons. The minimum absolute atomic E-state index is 0.130. The smallest absolute Gasteiger partial charge is 0.0947 e. The molecule has 4 heteroatoms. The average Bonchev–Trinajstić information content (AvgIpc) is 3.10. The van der Waals surface area contributed by atoms with Gasteiger partial charge in [0.15, 0.2) is 0 Å². The predicted octanol–water partition coefficient (Wildman–Crippen LogP) is 2.69. The van der Waals surface area contributed by atoms with Crippen molar-refractivity contribution < 1.29 is 13.9 Å². The second kappa shape index (κ2) is 6.29. The molecule has 20 heavy (non-hydrogen) atoms. The fraction of sp³-hybridized carbons (Fsp3) is 0.750. The van der Waals surface area contributed by atoms with Crippen LogP contribution >= 0.6 is 0 Å². The van der Waals surface area contributed by atoms with Crippen LogP contribution in [0.15, 0.2) is 23.0 Å². The zero-order valence-electron chi connectivity index (χ0n) is 12.3. The first-order valence-electron chi connectivity index (χ1n) is 7.69. The standard InChI is InChI=1S/C16H25NO3/c1-18-9-3-15-4-11-20-16(15)5-7-17(8-6-16)12-14-2-10-19-13-14/h2,10,13,15H,3-9,11-12H2,1H3/t15-/m1/s1. The minimum atomic E-state index is 0.130. The van der Waals surface area contributed by atoms with Gasteiger partial charge in [-0.2, -0.15) is 0 Å². The van der Waals surface area contributed by atoms with Crippen LogP contribution in [-0.2, 0) is 16.0 Å². The summed E-state index contributed by atoms with van der Waals surface area (Å²) >= 11 is 0. The van der Waals surface area contributed by atoms with Gasteiger partial charge in [0.1, 0.15) is 0 Å². The summed E-state index contributed by atoms with van der Waals surface area (Å²) in [7, 11) is 1.79. The highest BCUT2D eigenvalue weighted by atomic mass is 16.5. The minimum Gasteiger partial charge on any atom is -0.472 e. The van der Waals surface area contributed by atoms with E-state index in [1.807, 2.05) is 6.26 Å². The number of hydrogen-bond acceptors (Lipinski definition) is 4. The van der Waals surface area contributed by atoms with Crippen LogP contribution in [-0.4, -0.2) is 43.9 Å². The second-order valence-electron chi connectivity index (χ2n) is 6.09. The van der Waals surface area contributed by atoms with Gasteiger partial charge in [-0.25, -0.2) is 0 Å². The topological polar surface area (TPSA) is 34.8 Å². The third-order valence-electron chi connectivity index (χ3n) is 4.96. The third kappa shape index (κ3) is 2.92. The summed E-state index contributed by atoms with van der Waals surface area (Å²) < 4.78 is 16.6. The molecule has 1 spiro atoms. The highest BCUT2D eigenvalue weighted by Gasteiger charge is 2.45. The van der Waals surface area contributed by atoms with Gasteiger partial charge in [-0.3, -0.25) is 4.90 Å². The van der Waals surface area contributed by atoms with E-state index in [-0.39, 0.29) is 5.60 Å². The molecule has 1 aromatic heterocycles. The molecule has 0 aromatic carbocycles. The van der Waals surface area contributed by atoms with Crippen LogP contribution in [0.25, 0.3) is 0 Å². The van der Waals surface area contributed by atoms with Crippen LogP contribution in [0.1, 0.15) is 31.2 Å². The highest BCUT2D eigenvalue weighted by molar-refractivity contribution is 5.06. The van der Waals surface area contributed by atoms with E-state index >= 15 is 0 Å². The predicted molar refractivity (Wildman–Crippen MR) is 76.5 cm³/mol. The van der Waals surface area contributed by atoms with E-state index in [2.05, 4.69) is 11.0 Å². The van der Waals surface area contributed by atoms with Gasteiger partial charge in [-0.1, -0.05) is 0 Å². The Kier molecular flexibility index (Phi) is 4.44. The van der Waals surface area contributed by atoms with Gasteiger partial charge >= 0.3 is 0 Å². The first-order valence-corrected chi connectivity index (χ1v) is 7.69. The lowest BCUT2D eigenvalue weighted by Crippen LogP contribution is -2.47. The van der Waals surface area contributed by atoms with Gasteiger partial charge in [-0.15, -0.1) is 0 Å². The first-order chi connectivity index (χ1) is 9.82. The first kappa shape index (κ1) is 14.1. The monoisotopic (exact) mass is 279 g/mol. The summed E-state index contributed by atoms with van der Waals surface area (Å²) in [5, 5.41) is 0. The maximum atomic E-state index is 6.17. The van der Waals surface area contributed by atoms with Crippen LogP contribution in [0.3, 0.4) is 0 Å². The zero-order chi connectivity index (χ0) is 13.8. The average molecular weight is 279 g/mol. The molecule has 4 nitrogen and oxygen atoms in total. The summed E-state index contributed by atoms with van der Waals surface area (Å²) in [6.45, 7) is 5.02. The maximum Gasteiger partial charge on any atom is 0.0947 e. The molecular formula is C16H25NO3. The highest BCUT2D eigenvalue weighted by Crippen LogP contribution is 2.42. The van der Waals surface area contributed by atoms with Crippen molar-refractivity contribution in [1.29, 1.82) is 0 Å². The molecule has 0 aliphatic carbocycles. The van der Waals surface area contributed by atoms with Crippen molar-refractivity contribution in [2.45, 2.75) is 37.8 Å². The summed E-state index contributed by atoms with van der Waals surface area (Å²) in [4.78, 5) is 2.51. The summed E-state index contributed by atoms with van der Waals surface area (Å²) in [6, 6.07) is 2.05. The molecule has 1 aromatic rings. The number of nitrogens with zero attached hydrogens (tertiary/aromatic N) is 1. The number of ether oxygens (including phenoxy) is 2. The van der Waals surface area contributed by atoms with Gasteiger partial charge in [0.05, 0.1) is 18.1 Å². The largest absolute Gasteiger partial charge is 0.472 e.